The average Bonchev–Trinajstić information content (AvgIpc) is 2.93. The molecule has 0 aliphatic carbocycles. The minimum absolute atomic E-state index is 0.447. The first kappa shape index (κ1) is 16.3. The van der Waals surface area contributed by atoms with E-state index in [0.717, 1.165) is 34.4 Å². The number of aromatic nitrogens is 1. The minimum Gasteiger partial charge on any atom is -0.347 e. The van der Waals surface area contributed by atoms with E-state index in [9.17, 15) is 0 Å². The fourth-order valence-corrected chi connectivity index (χ4v) is 3.40. The van der Waals surface area contributed by atoms with E-state index in [1.165, 1.54) is 4.88 Å². The molecular weight excluding hydrogens is 302 g/mol. The fraction of sp³-hybridized carbons (Fsp3) is 0.438. The van der Waals surface area contributed by atoms with Crippen molar-refractivity contribution >= 4 is 28.1 Å². The molecule has 1 unspecified atom stereocenters. The van der Waals surface area contributed by atoms with Gasteiger partial charge in [0.2, 0.25) is 0 Å². The maximum Gasteiger partial charge on any atom is 0.185 e. The Labute approximate surface area is 135 Å². The Balaban J connectivity index is 2.21. The van der Waals surface area contributed by atoms with Crippen molar-refractivity contribution in [1.29, 1.82) is 0 Å². The predicted octanol–water partition coefficient (Wildman–Crippen LogP) is 4.41. The van der Waals surface area contributed by atoms with Crippen LogP contribution in [-0.2, 0) is 13.1 Å². The van der Waals surface area contributed by atoms with Gasteiger partial charge in [-0.15, -0.1) is 11.3 Å². The molecule has 0 radical (unpaired) electrons. The number of thiazole rings is 1. The summed E-state index contributed by atoms with van der Waals surface area (Å²) in [5.41, 5.74) is 8.12. The number of halogens is 1. The number of hydrogen-bond acceptors (Lipinski definition) is 4. The Morgan fingerprint density at radius 3 is 2.71 bits per heavy atom. The Morgan fingerprint density at radius 1 is 1.38 bits per heavy atom. The summed E-state index contributed by atoms with van der Waals surface area (Å²) in [6, 6.07) is 7.92. The van der Waals surface area contributed by atoms with E-state index < -0.39 is 0 Å². The van der Waals surface area contributed by atoms with Gasteiger partial charge < -0.3 is 10.6 Å². The monoisotopic (exact) mass is 323 g/mol. The smallest absolute Gasteiger partial charge is 0.185 e. The standard InChI is InChI=1S/C16H22ClN3S/c1-4-11(2)15-14(9-18)21-16(19-15)20(3)10-12-7-5-6-8-13(12)17/h5-8,11H,4,9-10,18H2,1-3H3. The lowest BCUT2D eigenvalue weighted by Gasteiger charge is -2.16. The third-order valence-electron chi connectivity index (χ3n) is 3.67. The van der Waals surface area contributed by atoms with Gasteiger partial charge in [0.05, 0.1) is 5.69 Å². The van der Waals surface area contributed by atoms with Gasteiger partial charge in [-0.1, -0.05) is 43.6 Å². The molecule has 1 aromatic heterocycles. The minimum atomic E-state index is 0.447. The van der Waals surface area contributed by atoms with Crippen LogP contribution in [0, 0.1) is 0 Å². The number of hydrogen-bond donors (Lipinski definition) is 1. The van der Waals surface area contributed by atoms with E-state index in [1.807, 2.05) is 31.3 Å². The van der Waals surface area contributed by atoms with Crippen LogP contribution in [0.2, 0.25) is 5.02 Å². The van der Waals surface area contributed by atoms with E-state index >= 15 is 0 Å². The number of nitrogens with two attached hydrogens (primary N) is 1. The van der Waals surface area contributed by atoms with Crippen molar-refractivity contribution in [3.05, 3.63) is 45.4 Å². The quantitative estimate of drug-likeness (QED) is 0.856. The second-order valence-corrected chi connectivity index (χ2v) is 6.74. The van der Waals surface area contributed by atoms with Gasteiger partial charge in [0.1, 0.15) is 0 Å². The van der Waals surface area contributed by atoms with Crippen molar-refractivity contribution in [2.75, 3.05) is 11.9 Å². The zero-order valence-electron chi connectivity index (χ0n) is 12.8. The van der Waals surface area contributed by atoms with E-state index in [4.69, 9.17) is 22.3 Å². The predicted molar refractivity (Wildman–Crippen MR) is 92.3 cm³/mol. The summed E-state index contributed by atoms with van der Waals surface area (Å²) in [5.74, 6) is 0.447. The molecule has 0 aliphatic rings. The Kier molecular flexibility index (Phi) is 5.62. The Morgan fingerprint density at radius 2 is 2.10 bits per heavy atom. The first-order chi connectivity index (χ1) is 10.1. The van der Waals surface area contributed by atoms with Gasteiger partial charge in [-0.25, -0.2) is 4.98 Å². The number of benzene rings is 1. The third-order valence-corrected chi connectivity index (χ3v) is 5.25. The molecule has 1 aromatic carbocycles. The second-order valence-electron chi connectivity index (χ2n) is 5.27. The first-order valence-corrected chi connectivity index (χ1v) is 8.40. The molecule has 5 heteroatoms. The highest BCUT2D eigenvalue weighted by Crippen LogP contribution is 2.32. The summed E-state index contributed by atoms with van der Waals surface area (Å²) < 4.78 is 0. The summed E-state index contributed by atoms with van der Waals surface area (Å²) >= 11 is 7.91. The molecule has 0 saturated carbocycles. The molecule has 0 saturated heterocycles. The lowest BCUT2D eigenvalue weighted by molar-refractivity contribution is 0.702. The Bertz CT molecular complexity index is 597. The maximum atomic E-state index is 6.23. The van der Waals surface area contributed by atoms with Gasteiger partial charge in [-0.05, 0) is 24.0 Å². The SMILES string of the molecule is CCC(C)c1nc(N(C)Cc2ccccc2Cl)sc1CN. The molecule has 3 nitrogen and oxygen atoms in total. The zero-order valence-corrected chi connectivity index (χ0v) is 14.3. The van der Waals surface area contributed by atoms with E-state index in [1.54, 1.807) is 11.3 Å². The van der Waals surface area contributed by atoms with Crippen molar-refractivity contribution in [3.63, 3.8) is 0 Å². The largest absolute Gasteiger partial charge is 0.347 e. The van der Waals surface area contributed by atoms with Crippen LogP contribution in [0.25, 0.3) is 0 Å². The van der Waals surface area contributed by atoms with E-state index in [2.05, 4.69) is 18.7 Å². The molecule has 0 spiro atoms. The van der Waals surface area contributed by atoms with Gasteiger partial charge in [-0.2, -0.15) is 0 Å². The van der Waals surface area contributed by atoms with Crippen LogP contribution in [0.3, 0.4) is 0 Å². The normalized spacial score (nSPS) is 12.4. The molecule has 0 bridgehead atoms. The van der Waals surface area contributed by atoms with Crippen molar-refractivity contribution in [1.82, 2.24) is 4.98 Å². The summed E-state index contributed by atoms with van der Waals surface area (Å²) in [6.07, 6.45) is 1.07. The topological polar surface area (TPSA) is 42.2 Å². The average molecular weight is 324 g/mol. The van der Waals surface area contributed by atoms with Gasteiger partial charge in [0.25, 0.3) is 0 Å². The van der Waals surface area contributed by atoms with Crippen LogP contribution in [0.15, 0.2) is 24.3 Å². The lowest BCUT2D eigenvalue weighted by Crippen LogP contribution is -2.16. The van der Waals surface area contributed by atoms with Gasteiger partial charge in [0, 0.05) is 30.0 Å². The van der Waals surface area contributed by atoms with Crippen molar-refractivity contribution in [3.8, 4) is 0 Å². The van der Waals surface area contributed by atoms with E-state index in [-0.39, 0.29) is 0 Å². The highest BCUT2D eigenvalue weighted by Gasteiger charge is 2.17. The number of anilines is 1. The van der Waals surface area contributed by atoms with Crippen LogP contribution in [-0.4, -0.2) is 12.0 Å². The Hall–Kier alpha value is -1.10. The van der Waals surface area contributed by atoms with Crippen LogP contribution in [0.1, 0.15) is 42.3 Å². The number of nitrogens with zero attached hydrogens (tertiary/aromatic N) is 2. The fourth-order valence-electron chi connectivity index (χ4n) is 2.19. The lowest BCUT2D eigenvalue weighted by atomic mass is 10.0. The highest BCUT2D eigenvalue weighted by molar-refractivity contribution is 7.15. The van der Waals surface area contributed by atoms with Crippen molar-refractivity contribution in [2.24, 2.45) is 5.73 Å². The summed E-state index contributed by atoms with van der Waals surface area (Å²) in [5, 5.41) is 1.80. The molecule has 21 heavy (non-hydrogen) atoms. The molecular formula is C16H22ClN3S. The maximum absolute atomic E-state index is 6.23. The molecule has 0 aliphatic heterocycles. The molecule has 0 fully saturated rings. The van der Waals surface area contributed by atoms with Gasteiger partial charge in [-0.3, -0.25) is 0 Å². The van der Waals surface area contributed by atoms with Crippen molar-refractivity contribution < 1.29 is 0 Å². The number of rotatable bonds is 6. The van der Waals surface area contributed by atoms with Crippen LogP contribution < -0.4 is 10.6 Å². The first-order valence-electron chi connectivity index (χ1n) is 7.21. The molecule has 114 valence electrons. The summed E-state index contributed by atoms with van der Waals surface area (Å²) in [7, 11) is 2.04. The summed E-state index contributed by atoms with van der Waals surface area (Å²) in [4.78, 5) is 8.12. The van der Waals surface area contributed by atoms with E-state index in [0.29, 0.717) is 12.5 Å². The second kappa shape index (κ2) is 7.25. The molecule has 2 N–H and O–H groups in total. The molecule has 2 aromatic rings. The zero-order chi connectivity index (χ0) is 15.4. The van der Waals surface area contributed by atoms with Gasteiger partial charge >= 0.3 is 0 Å². The van der Waals surface area contributed by atoms with Crippen LogP contribution in [0.5, 0.6) is 0 Å². The molecule has 0 amide bonds. The molecule has 1 atom stereocenters. The van der Waals surface area contributed by atoms with Gasteiger partial charge in [0.15, 0.2) is 5.13 Å². The van der Waals surface area contributed by atoms with Crippen molar-refractivity contribution in [2.45, 2.75) is 39.3 Å². The van der Waals surface area contributed by atoms with Crippen LogP contribution in [0.4, 0.5) is 5.13 Å². The summed E-state index contributed by atoms with van der Waals surface area (Å²) in [6.45, 7) is 5.68. The van der Waals surface area contributed by atoms with Crippen LogP contribution >= 0.6 is 22.9 Å². The third kappa shape index (κ3) is 3.76. The molecule has 1 heterocycles. The molecule has 2 rings (SSSR count). The highest BCUT2D eigenvalue weighted by atomic mass is 35.5.